The van der Waals surface area contributed by atoms with Gasteiger partial charge in [0.15, 0.2) is 11.5 Å². The van der Waals surface area contributed by atoms with Crippen LogP contribution in [-0.4, -0.2) is 49.2 Å². The molecule has 2 rings (SSSR count). The minimum Gasteiger partial charge on any atom is -0.493 e. The van der Waals surface area contributed by atoms with Gasteiger partial charge in [-0.1, -0.05) is 11.6 Å². The fourth-order valence-corrected chi connectivity index (χ4v) is 2.84. The number of likely N-dealkylation sites (tertiary alicyclic amines) is 1. The SMILES string of the molecule is COc1cc(CCN2CC(C(=O)O)CC2=O)cc(Cl)c1OC. The minimum absolute atomic E-state index is 0.0715. The first-order chi connectivity index (χ1) is 10.5. The number of halogens is 1. The number of benzene rings is 1. The van der Waals surface area contributed by atoms with Crippen molar-refractivity contribution in [3.05, 3.63) is 22.7 Å². The Morgan fingerprint density at radius 1 is 1.41 bits per heavy atom. The lowest BCUT2D eigenvalue weighted by Crippen LogP contribution is -2.28. The highest BCUT2D eigenvalue weighted by Gasteiger charge is 2.33. The molecule has 1 N–H and O–H groups in total. The Hall–Kier alpha value is -1.95. The number of carboxylic acids is 1. The number of nitrogens with zero attached hydrogens (tertiary/aromatic N) is 1. The molecule has 1 aliphatic rings. The van der Waals surface area contributed by atoms with E-state index >= 15 is 0 Å². The Labute approximate surface area is 133 Å². The van der Waals surface area contributed by atoms with E-state index in [1.165, 1.54) is 14.2 Å². The second-order valence-electron chi connectivity index (χ2n) is 5.14. The molecule has 1 aromatic carbocycles. The van der Waals surface area contributed by atoms with Crippen molar-refractivity contribution in [2.45, 2.75) is 12.8 Å². The molecule has 1 amide bonds. The van der Waals surface area contributed by atoms with Crippen LogP contribution < -0.4 is 9.47 Å². The van der Waals surface area contributed by atoms with Gasteiger partial charge in [0.25, 0.3) is 0 Å². The third-order valence-electron chi connectivity index (χ3n) is 3.73. The van der Waals surface area contributed by atoms with Gasteiger partial charge in [-0.05, 0) is 24.1 Å². The largest absolute Gasteiger partial charge is 0.493 e. The summed E-state index contributed by atoms with van der Waals surface area (Å²) in [7, 11) is 3.04. The van der Waals surface area contributed by atoms with E-state index in [9.17, 15) is 9.59 Å². The molecule has 7 heteroatoms. The number of ether oxygens (including phenoxy) is 2. The molecular weight excluding hydrogens is 310 g/mol. The van der Waals surface area contributed by atoms with Gasteiger partial charge in [-0.15, -0.1) is 0 Å². The van der Waals surface area contributed by atoms with E-state index in [0.717, 1.165) is 5.56 Å². The predicted octanol–water partition coefficient (Wildman–Crippen LogP) is 1.83. The number of carboxylic acid groups (broad SMARTS) is 1. The molecule has 22 heavy (non-hydrogen) atoms. The van der Waals surface area contributed by atoms with Crippen molar-refractivity contribution < 1.29 is 24.2 Å². The van der Waals surface area contributed by atoms with Crippen LogP contribution in [0.2, 0.25) is 5.02 Å². The van der Waals surface area contributed by atoms with Gasteiger partial charge in [0.05, 0.1) is 25.2 Å². The number of hydrogen-bond donors (Lipinski definition) is 1. The van der Waals surface area contributed by atoms with Crippen molar-refractivity contribution >= 4 is 23.5 Å². The molecular formula is C15H18ClNO5. The maximum absolute atomic E-state index is 11.8. The van der Waals surface area contributed by atoms with Crippen LogP contribution >= 0.6 is 11.6 Å². The number of methoxy groups -OCH3 is 2. The normalized spacial score (nSPS) is 17.7. The summed E-state index contributed by atoms with van der Waals surface area (Å²) in [6.07, 6.45) is 0.639. The monoisotopic (exact) mass is 327 g/mol. The molecule has 1 heterocycles. The van der Waals surface area contributed by atoms with E-state index in [2.05, 4.69) is 0 Å². The molecule has 0 bridgehead atoms. The second kappa shape index (κ2) is 6.87. The van der Waals surface area contributed by atoms with Gasteiger partial charge >= 0.3 is 5.97 Å². The second-order valence-corrected chi connectivity index (χ2v) is 5.55. The predicted molar refractivity (Wildman–Crippen MR) is 80.6 cm³/mol. The van der Waals surface area contributed by atoms with Gasteiger partial charge in [-0.25, -0.2) is 0 Å². The zero-order chi connectivity index (χ0) is 16.3. The average molecular weight is 328 g/mol. The molecule has 1 aromatic rings. The first-order valence-corrected chi connectivity index (χ1v) is 7.25. The fourth-order valence-electron chi connectivity index (χ4n) is 2.53. The quantitative estimate of drug-likeness (QED) is 0.862. The Kier molecular flexibility index (Phi) is 5.13. The molecule has 1 fully saturated rings. The standard InChI is InChI=1S/C15H18ClNO5/c1-21-12-6-9(5-11(16)14(12)22-2)3-4-17-8-10(15(19)20)7-13(17)18/h5-6,10H,3-4,7-8H2,1-2H3,(H,19,20). The zero-order valence-electron chi connectivity index (χ0n) is 12.5. The van der Waals surface area contributed by atoms with Crippen molar-refractivity contribution in [2.24, 2.45) is 5.92 Å². The van der Waals surface area contributed by atoms with E-state index < -0.39 is 11.9 Å². The molecule has 0 aromatic heterocycles. The Morgan fingerprint density at radius 3 is 2.68 bits per heavy atom. The molecule has 120 valence electrons. The lowest BCUT2D eigenvalue weighted by atomic mass is 10.1. The van der Waals surface area contributed by atoms with E-state index in [-0.39, 0.29) is 18.9 Å². The molecule has 0 spiro atoms. The van der Waals surface area contributed by atoms with E-state index in [0.29, 0.717) is 29.5 Å². The summed E-state index contributed by atoms with van der Waals surface area (Å²) < 4.78 is 10.4. The van der Waals surface area contributed by atoms with Crippen molar-refractivity contribution in [1.82, 2.24) is 4.90 Å². The highest BCUT2D eigenvalue weighted by Crippen LogP contribution is 2.36. The number of aliphatic carboxylic acids is 1. The third kappa shape index (κ3) is 3.44. The maximum atomic E-state index is 11.8. The number of carbonyl (C=O) groups is 2. The van der Waals surface area contributed by atoms with E-state index in [1.807, 2.05) is 0 Å². The van der Waals surface area contributed by atoms with E-state index in [1.54, 1.807) is 17.0 Å². The Balaban J connectivity index is 2.04. The summed E-state index contributed by atoms with van der Waals surface area (Å²) >= 11 is 6.14. The summed E-state index contributed by atoms with van der Waals surface area (Å²) in [5, 5.41) is 9.41. The Morgan fingerprint density at radius 2 is 2.14 bits per heavy atom. The molecule has 1 aliphatic heterocycles. The zero-order valence-corrected chi connectivity index (χ0v) is 13.2. The summed E-state index contributed by atoms with van der Waals surface area (Å²) in [5.74, 6) is -0.664. The van der Waals surface area contributed by atoms with Crippen LogP contribution in [0.4, 0.5) is 0 Å². The molecule has 0 aliphatic carbocycles. The molecule has 1 saturated heterocycles. The fraction of sp³-hybridized carbons (Fsp3) is 0.467. The van der Waals surface area contributed by atoms with Gasteiger partial charge in [-0.2, -0.15) is 0 Å². The van der Waals surface area contributed by atoms with Crippen molar-refractivity contribution in [2.75, 3.05) is 27.3 Å². The van der Waals surface area contributed by atoms with Gasteiger partial charge in [0.1, 0.15) is 0 Å². The van der Waals surface area contributed by atoms with Crippen molar-refractivity contribution in [3.63, 3.8) is 0 Å². The number of carbonyl (C=O) groups excluding carboxylic acids is 1. The minimum atomic E-state index is -0.926. The molecule has 6 nitrogen and oxygen atoms in total. The van der Waals surface area contributed by atoms with Crippen LogP contribution in [0.3, 0.4) is 0 Å². The average Bonchev–Trinajstić information content (AvgIpc) is 2.86. The highest BCUT2D eigenvalue weighted by atomic mass is 35.5. The van der Waals surface area contributed by atoms with Crippen LogP contribution in [-0.2, 0) is 16.0 Å². The molecule has 0 radical (unpaired) electrons. The maximum Gasteiger partial charge on any atom is 0.308 e. The van der Waals surface area contributed by atoms with Crippen molar-refractivity contribution in [3.8, 4) is 11.5 Å². The first-order valence-electron chi connectivity index (χ1n) is 6.87. The smallest absolute Gasteiger partial charge is 0.308 e. The van der Waals surface area contributed by atoms with Gasteiger partial charge in [0.2, 0.25) is 5.91 Å². The summed E-state index contributed by atoms with van der Waals surface area (Å²) in [6, 6.07) is 3.57. The topological polar surface area (TPSA) is 76.1 Å². The van der Waals surface area contributed by atoms with Crippen LogP contribution in [0.5, 0.6) is 11.5 Å². The lowest BCUT2D eigenvalue weighted by Gasteiger charge is -2.17. The lowest BCUT2D eigenvalue weighted by molar-refractivity contribution is -0.141. The number of rotatable bonds is 6. The van der Waals surface area contributed by atoms with Gasteiger partial charge in [-0.3, -0.25) is 9.59 Å². The highest BCUT2D eigenvalue weighted by molar-refractivity contribution is 6.32. The summed E-state index contributed by atoms with van der Waals surface area (Å²) in [6.45, 7) is 0.712. The van der Waals surface area contributed by atoms with Gasteiger partial charge < -0.3 is 19.5 Å². The van der Waals surface area contributed by atoms with Crippen LogP contribution in [0.15, 0.2) is 12.1 Å². The Bertz CT molecular complexity index is 590. The van der Waals surface area contributed by atoms with Gasteiger partial charge in [0, 0.05) is 19.5 Å². The molecule has 1 atom stereocenters. The van der Waals surface area contributed by atoms with E-state index in [4.69, 9.17) is 26.2 Å². The molecule has 1 unspecified atom stereocenters. The van der Waals surface area contributed by atoms with Crippen LogP contribution in [0.25, 0.3) is 0 Å². The van der Waals surface area contributed by atoms with Crippen LogP contribution in [0.1, 0.15) is 12.0 Å². The first kappa shape index (κ1) is 16.4. The number of amides is 1. The molecule has 0 saturated carbocycles. The summed E-state index contributed by atoms with van der Waals surface area (Å²) in [4.78, 5) is 24.3. The third-order valence-corrected chi connectivity index (χ3v) is 4.01. The van der Waals surface area contributed by atoms with Crippen molar-refractivity contribution in [1.29, 1.82) is 0 Å². The van der Waals surface area contributed by atoms with Crippen LogP contribution in [0, 0.1) is 5.92 Å². The summed E-state index contributed by atoms with van der Waals surface area (Å²) in [5.41, 5.74) is 0.897. The number of hydrogen-bond acceptors (Lipinski definition) is 4.